The number of Topliss-reactive ketones (excluding diaryl/α,β-unsaturated/α-hetero) is 1. The number of fused-ring (bicyclic) bond motifs is 1. The van der Waals surface area contributed by atoms with E-state index in [9.17, 15) is 18.0 Å². The molecule has 0 spiro atoms. The molecule has 6 heteroatoms. The highest BCUT2D eigenvalue weighted by atomic mass is 19.4. The Kier molecular flexibility index (Phi) is 3.65. The van der Waals surface area contributed by atoms with Crippen molar-refractivity contribution in [1.29, 1.82) is 0 Å². The Morgan fingerprint density at radius 3 is 3.00 bits per heavy atom. The van der Waals surface area contributed by atoms with Crippen LogP contribution < -0.4 is 0 Å². The standard InChI is InChI=1S/C12H12F3NO2/c13-12(14,15)7-18-6-10(17)9-4-3-8-2-1-5-16-11(8)9/h1-2,5,9H,3-4,6-7H2. The maximum atomic E-state index is 11.9. The summed E-state index contributed by atoms with van der Waals surface area (Å²) in [5.74, 6) is -0.758. The second-order valence-electron chi connectivity index (χ2n) is 4.21. The number of pyridine rings is 1. The summed E-state index contributed by atoms with van der Waals surface area (Å²) in [7, 11) is 0. The summed E-state index contributed by atoms with van der Waals surface area (Å²) in [5.41, 5.74) is 1.67. The van der Waals surface area contributed by atoms with E-state index in [0.29, 0.717) is 12.1 Å². The minimum atomic E-state index is -4.40. The Balaban J connectivity index is 1.92. The molecular weight excluding hydrogens is 247 g/mol. The molecule has 1 aromatic heterocycles. The molecule has 18 heavy (non-hydrogen) atoms. The first-order chi connectivity index (χ1) is 8.47. The molecule has 2 rings (SSSR count). The van der Waals surface area contributed by atoms with Crippen molar-refractivity contribution in [2.45, 2.75) is 24.9 Å². The highest BCUT2D eigenvalue weighted by molar-refractivity contribution is 5.87. The largest absolute Gasteiger partial charge is 0.411 e. The summed E-state index contributed by atoms with van der Waals surface area (Å²) in [4.78, 5) is 15.9. The van der Waals surface area contributed by atoms with Crippen molar-refractivity contribution in [3.8, 4) is 0 Å². The maximum absolute atomic E-state index is 11.9. The summed E-state index contributed by atoms with van der Waals surface area (Å²) in [5, 5.41) is 0. The van der Waals surface area contributed by atoms with E-state index in [4.69, 9.17) is 0 Å². The van der Waals surface area contributed by atoms with E-state index >= 15 is 0 Å². The van der Waals surface area contributed by atoms with E-state index in [0.717, 1.165) is 12.0 Å². The van der Waals surface area contributed by atoms with Crippen molar-refractivity contribution >= 4 is 5.78 Å². The van der Waals surface area contributed by atoms with Gasteiger partial charge in [0.1, 0.15) is 13.2 Å². The second kappa shape index (κ2) is 5.06. The molecule has 0 radical (unpaired) electrons. The highest BCUT2D eigenvalue weighted by Gasteiger charge is 2.31. The van der Waals surface area contributed by atoms with Gasteiger partial charge in [0.25, 0.3) is 0 Å². The molecule has 1 atom stereocenters. The van der Waals surface area contributed by atoms with Crippen LogP contribution >= 0.6 is 0 Å². The summed E-state index contributed by atoms with van der Waals surface area (Å²) in [6, 6.07) is 3.66. The van der Waals surface area contributed by atoms with Gasteiger partial charge in [-0.1, -0.05) is 6.07 Å². The first-order valence-corrected chi connectivity index (χ1v) is 5.58. The number of alkyl halides is 3. The Hall–Kier alpha value is -1.43. The molecule has 0 saturated carbocycles. The summed E-state index contributed by atoms with van der Waals surface area (Å²) in [6.45, 7) is -1.90. The molecule has 3 nitrogen and oxygen atoms in total. The van der Waals surface area contributed by atoms with Crippen LogP contribution in [0.5, 0.6) is 0 Å². The smallest absolute Gasteiger partial charge is 0.364 e. The Morgan fingerprint density at radius 1 is 1.50 bits per heavy atom. The normalized spacial score (nSPS) is 18.7. The van der Waals surface area contributed by atoms with Crippen molar-refractivity contribution < 1.29 is 22.7 Å². The fourth-order valence-corrected chi connectivity index (χ4v) is 2.09. The molecule has 98 valence electrons. The number of aryl methyl sites for hydroxylation is 1. The van der Waals surface area contributed by atoms with Crippen molar-refractivity contribution in [2.24, 2.45) is 0 Å². The van der Waals surface area contributed by atoms with Crippen molar-refractivity contribution in [1.82, 2.24) is 4.98 Å². The monoisotopic (exact) mass is 259 g/mol. The minimum Gasteiger partial charge on any atom is -0.364 e. The van der Waals surface area contributed by atoms with Crippen LogP contribution in [0.4, 0.5) is 13.2 Å². The van der Waals surface area contributed by atoms with Gasteiger partial charge in [0.05, 0.1) is 11.6 Å². The predicted molar refractivity (Wildman–Crippen MR) is 57.2 cm³/mol. The fourth-order valence-electron chi connectivity index (χ4n) is 2.09. The Morgan fingerprint density at radius 2 is 2.28 bits per heavy atom. The fraction of sp³-hybridized carbons (Fsp3) is 0.500. The molecule has 0 aromatic carbocycles. The minimum absolute atomic E-state index is 0.336. The number of halogens is 3. The number of ketones is 1. The number of carbonyl (C=O) groups is 1. The van der Waals surface area contributed by atoms with Gasteiger partial charge in [0.15, 0.2) is 5.78 Å². The number of aromatic nitrogens is 1. The van der Waals surface area contributed by atoms with E-state index in [-0.39, 0.29) is 5.78 Å². The van der Waals surface area contributed by atoms with Gasteiger partial charge in [-0.05, 0) is 24.5 Å². The molecule has 0 saturated heterocycles. The van der Waals surface area contributed by atoms with Gasteiger partial charge >= 0.3 is 6.18 Å². The average molecular weight is 259 g/mol. The lowest BCUT2D eigenvalue weighted by Crippen LogP contribution is -2.23. The van der Waals surface area contributed by atoms with Gasteiger partial charge in [0, 0.05) is 6.20 Å². The van der Waals surface area contributed by atoms with Crippen LogP contribution in [0.15, 0.2) is 18.3 Å². The lowest BCUT2D eigenvalue weighted by atomic mass is 10.0. The third-order valence-corrected chi connectivity index (χ3v) is 2.86. The van der Waals surface area contributed by atoms with Gasteiger partial charge in [-0.3, -0.25) is 9.78 Å². The van der Waals surface area contributed by atoms with Gasteiger partial charge < -0.3 is 4.74 Å². The Labute approximate surface area is 102 Å². The number of hydrogen-bond acceptors (Lipinski definition) is 3. The van der Waals surface area contributed by atoms with Gasteiger partial charge in [-0.2, -0.15) is 13.2 Å². The first-order valence-electron chi connectivity index (χ1n) is 5.58. The molecule has 0 aliphatic heterocycles. The van der Waals surface area contributed by atoms with Crippen LogP contribution in [0.1, 0.15) is 23.6 Å². The number of carbonyl (C=O) groups excluding carboxylic acids is 1. The third kappa shape index (κ3) is 3.07. The van der Waals surface area contributed by atoms with Gasteiger partial charge in [-0.25, -0.2) is 0 Å². The molecule has 0 fully saturated rings. The zero-order valence-corrected chi connectivity index (χ0v) is 9.54. The molecule has 1 heterocycles. The quantitative estimate of drug-likeness (QED) is 0.832. The van der Waals surface area contributed by atoms with E-state index in [2.05, 4.69) is 9.72 Å². The van der Waals surface area contributed by atoms with Crippen LogP contribution in [-0.2, 0) is 16.0 Å². The number of rotatable bonds is 4. The van der Waals surface area contributed by atoms with Crippen LogP contribution in [0.2, 0.25) is 0 Å². The number of ether oxygens (including phenoxy) is 1. The van der Waals surface area contributed by atoms with Crippen molar-refractivity contribution in [2.75, 3.05) is 13.2 Å². The van der Waals surface area contributed by atoms with Crippen LogP contribution in [0, 0.1) is 0 Å². The average Bonchev–Trinajstić information content (AvgIpc) is 2.70. The topological polar surface area (TPSA) is 39.2 Å². The predicted octanol–water partition coefficient (Wildman–Crippen LogP) is 2.26. The second-order valence-corrected chi connectivity index (χ2v) is 4.21. The number of hydrogen-bond donors (Lipinski definition) is 0. The lowest BCUT2D eigenvalue weighted by Gasteiger charge is -2.11. The molecular formula is C12H12F3NO2. The summed E-state index contributed by atoms with van der Waals surface area (Å²) >= 11 is 0. The van der Waals surface area contributed by atoms with E-state index < -0.39 is 25.3 Å². The molecule has 0 bridgehead atoms. The van der Waals surface area contributed by atoms with E-state index in [1.54, 1.807) is 12.3 Å². The van der Waals surface area contributed by atoms with Gasteiger partial charge in [0.2, 0.25) is 0 Å². The molecule has 1 aromatic rings. The third-order valence-electron chi connectivity index (χ3n) is 2.86. The summed E-state index contributed by atoms with van der Waals surface area (Å²) < 4.78 is 40.0. The van der Waals surface area contributed by atoms with Crippen LogP contribution in [0.3, 0.4) is 0 Å². The van der Waals surface area contributed by atoms with Crippen molar-refractivity contribution in [3.63, 3.8) is 0 Å². The number of nitrogens with zero attached hydrogens (tertiary/aromatic N) is 1. The van der Waals surface area contributed by atoms with Crippen LogP contribution in [-0.4, -0.2) is 30.2 Å². The van der Waals surface area contributed by atoms with Gasteiger partial charge in [-0.15, -0.1) is 0 Å². The molecule has 0 N–H and O–H groups in total. The zero-order chi connectivity index (χ0) is 13.2. The maximum Gasteiger partial charge on any atom is 0.411 e. The zero-order valence-electron chi connectivity index (χ0n) is 9.54. The lowest BCUT2D eigenvalue weighted by molar-refractivity contribution is -0.175. The van der Waals surface area contributed by atoms with E-state index in [1.165, 1.54) is 0 Å². The Bertz CT molecular complexity index is 445. The summed E-state index contributed by atoms with van der Waals surface area (Å²) in [6.07, 6.45) is -1.48. The van der Waals surface area contributed by atoms with Crippen molar-refractivity contribution in [3.05, 3.63) is 29.6 Å². The first kappa shape index (κ1) is 13.0. The molecule has 0 amide bonds. The molecule has 1 unspecified atom stereocenters. The van der Waals surface area contributed by atoms with E-state index in [1.807, 2.05) is 6.07 Å². The molecule has 1 aliphatic rings. The highest BCUT2D eigenvalue weighted by Crippen LogP contribution is 2.31. The molecule has 1 aliphatic carbocycles. The van der Waals surface area contributed by atoms with Crippen LogP contribution in [0.25, 0.3) is 0 Å². The SMILES string of the molecule is O=C(COCC(F)(F)F)C1CCc2cccnc21.